The van der Waals surface area contributed by atoms with E-state index in [4.69, 9.17) is 9.84 Å². The van der Waals surface area contributed by atoms with E-state index in [0.717, 1.165) is 27.8 Å². The Morgan fingerprint density at radius 2 is 2.24 bits per heavy atom. The van der Waals surface area contributed by atoms with E-state index < -0.39 is 0 Å². The van der Waals surface area contributed by atoms with E-state index in [-0.39, 0.29) is 6.61 Å². The van der Waals surface area contributed by atoms with Crippen LogP contribution in [0.4, 0.5) is 0 Å². The van der Waals surface area contributed by atoms with Crippen LogP contribution in [0.1, 0.15) is 11.3 Å². The van der Waals surface area contributed by atoms with E-state index >= 15 is 0 Å². The zero-order chi connectivity index (χ0) is 15.1. The zero-order valence-electron chi connectivity index (χ0n) is 12.2. The first-order valence-corrected chi connectivity index (χ1v) is 7.63. The molecule has 0 atom stereocenters. The highest BCUT2D eigenvalue weighted by Crippen LogP contribution is 2.19. The Balaban J connectivity index is 1.82. The lowest BCUT2D eigenvalue weighted by atomic mass is 10.2. The van der Waals surface area contributed by atoms with Gasteiger partial charge in [0.05, 0.1) is 17.3 Å². The highest BCUT2D eigenvalue weighted by molar-refractivity contribution is 7.99. The van der Waals surface area contributed by atoms with Crippen molar-refractivity contribution in [3.63, 3.8) is 0 Å². The number of thioether (sulfide) groups is 1. The van der Waals surface area contributed by atoms with Gasteiger partial charge < -0.3 is 9.84 Å². The topological polar surface area (TPSA) is 47.3 Å². The maximum absolute atomic E-state index is 8.69. The van der Waals surface area contributed by atoms with Gasteiger partial charge in [-0.25, -0.2) is 0 Å². The van der Waals surface area contributed by atoms with Crippen molar-refractivity contribution in [2.24, 2.45) is 7.05 Å². The van der Waals surface area contributed by atoms with Gasteiger partial charge in [0.2, 0.25) is 0 Å². The fourth-order valence-electron chi connectivity index (χ4n) is 1.83. The van der Waals surface area contributed by atoms with Gasteiger partial charge in [0.15, 0.2) is 0 Å². The molecule has 0 aliphatic carbocycles. The summed E-state index contributed by atoms with van der Waals surface area (Å²) in [4.78, 5) is 0. The van der Waals surface area contributed by atoms with Gasteiger partial charge in [-0.3, -0.25) is 4.68 Å². The Bertz CT molecular complexity index is 656. The third kappa shape index (κ3) is 4.85. The molecule has 0 aliphatic heterocycles. The summed E-state index contributed by atoms with van der Waals surface area (Å²) in [6, 6.07) is 9.64. The fraction of sp³-hybridized carbons (Fsp3) is 0.312. The van der Waals surface area contributed by atoms with Gasteiger partial charge in [-0.05, 0) is 31.2 Å². The Labute approximate surface area is 129 Å². The molecule has 1 N–H and O–H groups in total. The normalized spacial score (nSPS) is 10.0. The molecule has 0 unspecified atom stereocenters. The van der Waals surface area contributed by atoms with Crippen molar-refractivity contribution in [3.05, 3.63) is 41.6 Å². The molecule has 0 spiro atoms. The monoisotopic (exact) mass is 302 g/mol. The van der Waals surface area contributed by atoms with Gasteiger partial charge >= 0.3 is 0 Å². The Hall–Kier alpha value is -1.90. The number of nitrogens with zero attached hydrogens (tertiary/aromatic N) is 2. The van der Waals surface area contributed by atoms with Crippen LogP contribution >= 0.6 is 11.8 Å². The summed E-state index contributed by atoms with van der Waals surface area (Å²) in [6.45, 7) is 2.47. The fourth-order valence-corrected chi connectivity index (χ4v) is 2.69. The first kappa shape index (κ1) is 15.5. The van der Waals surface area contributed by atoms with Crippen molar-refractivity contribution >= 4 is 11.8 Å². The van der Waals surface area contributed by atoms with Gasteiger partial charge in [-0.2, -0.15) is 5.10 Å². The third-order valence-electron chi connectivity index (χ3n) is 2.71. The Kier molecular flexibility index (Phi) is 5.73. The summed E-state index contributed by atoms with van der Waals surface area (Å²) in [5.74, 6) is 7.14. The maximum atomic E-state index is 8.69. The molecule has 2 rings (SSSR count). The average Bonchev–Trinajstić information content (AvgIpc) is 2.80. The predicted octanol–water partition coefficient (Wildman–Crippen LogP) is 2.24. The third-order valence-corrected chi connectivity index (χ3v) is 3.76. The number of aryl methyl sites for hydroxylation is 2. The number of ether oxygens (including phenoxy) is 1. The number of rotatable bonds is 5. The van der Waals surface area contributed by atoms with Crippen molar-refractivity contribution in [2.45, 2.75) is 11.9 Å². The van der Waals surface area contributed by atoms with Crippen molar-refractivity contribution in [1.29, 1.82) is 0 Å². The largest absolute Gasteiger partial charge is 0.493 e. The van der Waals surface area contributed by atoms with Crippen LogP contribution in [0.15, 0.2) is 35.4 Å². The molecule has 0 saturated heterocycles. The first-order valence-electron chi connectivity index (χ1n) is 6.65. The molecule has 0 amide bonds. The number of benzene rings is 1. The van der Waals surface area contributed by atoms with Gasteiger partial charge in [-0.1, -0.05) is 17.9 Å². The van der Waals surface area contributed by atoms with Crippen LogP contribution in [0.2, 0.25) is 0 Å². The molecule has 110 valence electrons. The van der Waals surface area contributed by atoms with Gasteiger partial charge in [0.1, 0.15) is 12.4 Å². The highest BCUT2D eigenvalue weighted by atomic mass is 32.2. The van der Waals surface area contributed by atoms with E-state index in [0.29, 0.717) is 6.61 Å². The van der Waals surface area contributed by atoms with Crippen LogP contribution in [0.3, 0.4) is 0 Å². The van der Waals surface area contributed by atoms with Crippen molar-refractivity contribution < 1.29 is 9.84 Å². The Morgan fingerprint density at radius 3 is 2.95 bits per heavy atom. The first-order chi connectivity index (χ1) is 10.2. The average molecular weight is 302 g/mol. The summed E-state index contributed by atoms with van der Waals surface area (Å²) in [5.41, 5.74) is 1.87. The summed E-state index contributed by atoms with van der Waals surface area (Å²) in [5, 5.41) is 14.1. The number of hydrogen-bond donors (Lipinski definition) is 1. The second kappa shape index (κ2) is 7.77. The number of aromatic nitrogens is 2. The van der Waals surface area contributed by atoms with Crippen LogP contribution in [-0.4, -0.2) is 33.9 Å². The van der Waals surface area contributed by atoms with Crippen LogP contribution in [0, 0.1) is 18.8 Å². The summed E-state index contributed by atoms with van der Waals surface area (Å²) >= 11 is 1.72. The second-order valence-electron chi connectivity index (χ2n) is 4.43. The quantitative estimate of drug-likeness (QED) is 0.523. The van der Waals surface area contributed by atoms with E-state index in [1.54, 1.807) is 11.8 Å². The van der Waals surface area contributed by atoms with Crippen LogP contribution in [0.5, 0.6) is 5.75 Å². The van der Waals surface area contributed by atoms with Crippen molar-refractivity contribution in [1.82, 2.24) is 9.78 Å². The summed E-state index contributed by atoms with van der Waals surface area (Å²) < 4.78 is 7.59. The van der Waals surface area contributed by atoms with Crippen molar-refractivity contribution in [2.75, 3.05) is 19.0 Å². The lowest BCUT2D eigenvalue weighted by molar-refractivity contribution is 0.343. The molecular weight excluding hydrogens is 284 g/mol. The lowest BCUT2D eigenvalue weighted by Crippen LogP contribution is -2.01. The molecule has 0 bridgehead atoms. The van der Waals surface area contributed by atoms with Gasteiger partial charge in [0, 0.05) is 18.4 Å². The summed E-state index contributed by atoms with van der Waals surface area (Å²) in [7, 11) is 1.94. The minimum absolute atomic E-state index is 0.133. The van der Waals surface area contributed by atoms with E-state index in [9.17, 15) is 0 Å². The van der Waals surface area contributed by atoms with Gasteiger partial charge in [0.25, 0.3) is 0 Å². The van der Waals surface area contributed by atoms with Gasteiger partial charge in [-0.15, -0.1) is 11.8 Å². The Morgan fingerprint density at radius 1 is 1.38 bits per heavy atom. The highest BCUT2D eigenvalue weighted by Gasteiger charge is 2.02. The zero-order valence-corrected chi connectivity index (χ0v) is 13.0. The summed E-state index contributed by atoms with van der Waals surface area (Å²) in [6.07, 6.45) is 0. The van der Waals surface area contributed by atoms with E-state index in [1.165, 1.54) is 0 Å². The van der Waals surface area contributed by atoms with Crippen LogP contribution < -0.4 is 4.74 Å². The molecule has 0 aliphatic rings. The second-order valence-corrected chi connectivity index (χ2v) is 5.55. The van der Waals surface area contributed by atoms with Crippen LogP contribution in [-0.2, 0) is 7.05 Å². The smallest absolute Gasteiger partial charge is 0.120 e. The molecule has 1 aromatic carbocycles. The molecule has 4 nitrogen and oxygen atoms in total. The van der Waals surface area contributed by atoms with Crippen LogP contribution in [0.25, 0.3) is 0 Å². The molecule has 1 heterocycles. The lowest BCUT2D eigenvalue weighted by Gasteiger charge is -2.06. The molecule has 2 aromatic rings. The number of aliphatic hydroxyl groups is 1. The molecule has 0 radical (unpaired) electrons. The maximum Gasteiger partial charge on any atom is 0.120 e. The minimum atomic E-state index is -0.133. The molecular formula is C16H18N2O2S. The molecule has 21 heavy (non-hydrogen) atoms. The molecule has 0 saturated carbocycles. The number of hydrogen-bond acceptors (Lipinski definition) is 4. The molecule has 0 fully saturated rings. The number of aliphatic hydroxyl groups excluding tert-OH is 1. The predicted molar refractivity (Wildman–Crippen MR) is 84.6 cm³/mol. The van der Waals surface area contributed by atoms with E-state index in [2.05, 4.69) is 23.0 Å². The molecule has 1 aromatic heterocycles. The standard InChI is InChI=1S/C16H18N2O2S/c1-13-11-16(18(2)17-13)21-10-9-20-15-7-3-5-14(12-15)6-4-8-19/h3,5,7,11-12,19H,8-10H2,1-2H3. The SMILES string of the molecule is Cc1cc(SCCOc2cccc(C#CCO)c2)n(C)n1. The minimum Gasteiger partial charge on any atom is -0.493 e. The van der Waals surface area contributed by atoms with Crippen molar-refractivity contribution in [3.8, 4) is 17.6 Å². The van der Waals surface area contributed by atoms with E-state index in [1.807, 2.05) is 42.9 Å². The molecule has 5 heteroatoms.